The number of aliphatic hydroxyl groups is 1. The van der Waals surface area contributed by atoms with Gasteiger partial charge in [0, 0.05) is 148 Å². The minimum atomic E-state index is -1.00. The Kier molecular flexibility index (Phi) is 27.5. The number of nitriles is 3. The Morgan fingerprint density at radius 1 is 0.483 bits per heavy atom. The molecule has 5 N–H and O–H groups in total. The van der Waals surface area contributed by atoms with E-state index in [4.69, 9.17) is 52.6 Å². The van der Waals surface area contributed by atoms with Crippen molar-refractivity contribution in [1.29, 1.82) is 15.8 Å². The topological polar surface area (TPSA) is 338 Å². The van der Waals surface area contributed by atoms with Gasteiger partial charge in [0.1, 0.15) is 100 Å². The van der Waals surface area contributed by atoms with E-state index in [-0.39, 0.29) is 24.2 Å². The lowest BCUT2D eigenvalue weighted by molar-refractivity contribution is -0.141. The second-order valence-corrected chi connectivity index (χ2v) is 31.1. The van der Waals surface area contributed by atoms with Gasteiger partial charge in [-0.2, -0.15) is 20.3 Å². The van der Waals surface area contributed by atoms with Crippen molar-refractivity contribution in [2.75, 3.05) is 146 Å². The lowest BCUT2D eigenvalue weighted by atomic mass is 9.88. The second kappa shape index (κ2) is 39.3. The van der Waals surface area contributed by atoms with E-state index in [0.717, 1.165) is 125 Å². The fourth-order valence-electron chi connectivity index (χ4n) is 15.0. The number of anilines is 7. The first-order chi connectivity index (χ1) is 56.7. The molecule has 7 aliphatic heterocycles. The lowest BCUT2D eigenvalue weighted by Crippen LogP contribution is -2.56. The van der Waals surface area contributed by atoms with E-state index in [9.17, 15) is 30.2 Å². The molecular weight excluding hydrogens is 1490 g/mol. The van der Waals surface area contributed by atoms with Gasteiger partial charge in [-0.15, -0.1) is 0 Å². The molecule has 0 bridgehead atoms. The first-order valence-electron chi connectivity index (χ1n) is 39.5. The molecule has 0 radical (unpaired) electrons. The monoisotopic (exact) mass is 1590 g/mol. The van der Waals surface area contributed by atoms with Crippen molar-refractivity contribution in [2.45, 2.75) is 101 Å². The van der Waals surface area contributed by atoms with E-state index >= 15 is 0 Å². The molecule has 0 spiro atoms. The molecule has 602 valence electrons. The van der Waals surface area contributed by atoms with Crippen molar-refractivity contribution in [3.63, 3.8) is 0 Å². The number of nitrogens with zero attached hydrogens (tertiary/aromatic N) is 13. The number of ether oxygens (including phenoxy) is 9. The van der Waals surface area contributed by atoms with E-state index in [0.29, 0.717) is 155 Å². The van der Waals surface area contributed by atoms with Gasteiger partial charge in [-0.25, -0.2) is 29.9 Å². The van der Waals surface area contributed by atoms with Crippen molar-refractivity contribution in [2.24, 2.45) is 0 Å². The largest absolute Gasteiger partial charge is 0.493 e. The van der Waals surface area contributed by atoms with Crippen LogP contribution in [0.25, 0.3) is 34.2 Å². The highest BCUT2D eigenvalue weighted by molar-refractivity contribution is 7.91. The highest BCUT2D eigenvalue weighted by atomic mass is 32.2. The van der Waals surface area contributed by atoms with Crippen molar-refractivity contribution in [3.05, 3.63) is 174 Å². The van der Waals surface area contributed by atoms with Crippen LogP contribution in [0.1, 0.15) is 86.5 Å². The summed E-state index contributed by atoms with van der Waals surface area (Å²) in [5.74, 6) is 8.49. The number of methoxy groups -OCH3 is 3. The van der Waals surface area contributed by atoms with Gasteiger partial charge in [0.2, 0.25) is 5.75 Å². The van der Waals surface area contributed by atoms with Crippen LogP contribution in [0.4, 0.5) is 40.2 Å². The molecule has 7 fully saturated rings. The van der Waals surface area contributed by atoms with Crippen LogP contribution in [0, 0.1) is 34.0 Å². The number of benzene rings is 6. The number of amides is 1. The molecule has 7 saturated heterocycles. The van der Waals surface area contributed by atoms with Gasteiger partial charge >= 0.3 is 0 Å². The molecule has 10 heterocycles. The van der Waals surface area contributed by atoms with Crippen molar-refractivity contribution < 1.29 is 57.1 Å². The highest BCUT2D eigenvalue weighted by Gasteiger charge is 2.34. The number of piperidine rings is 2. The minimum Gasteiger partial charge on any atom is -0.493 e. The fraction of sp³-hybridized carbons (Fsp3) is 0.402. The van der Waals surface area contributed by atoms with Crippen molar-refractivity contribution >= 4 is 57.3 Å². The molecule has 116 heavy (non-hydrogen) atoms. The van der Waals surface area contributed by atoms with Crippen LogP contribution in [0.2, 0.25) is 0 Å². The Morgan fingerprint density at radius 2 is 0.905 bits per heavy atom. The van der Waals surface area contributed by atoms with Gasteiger partial charge < -0.3 is 73.5 Å². The molecular formula is C87H97N16O12S+. The summed E-state index contributed by atoms with van der Waals surface area (Å²) in [6.45, 7) is 13.8. The van der Waals surface area contributed by atoms with Gasteiger partial charge in [0.15, 0.2) is 29.0 Å². The number of nitrogens with one attached hydrogen (secondary N) is 3. The maximum absolute atomic E-state index is 12.0. The highest BCUT2D eigenvalue weighted by Crippen LogP contribution is 2.42. The Labute approximate surface area is 678 Å². The Hall–Kier alpha value is -11.4. The molecule has 0 saturated carbocycles. The third-order valence-electron chi connectivity index (χ3n) is 21.8. The van der Waals surface area contributed by atoms with Crippen LogP contribution in [-0.2, 0) is 30.2 Å². The SMILES string of the molecule is COc1cc(Nc2ccnc(-c3ccc(OC4CCOCC4)c(C#N)c3)n2)cc(OC)c1OC.C[C@H](O)C(=O)N1CCC(Oc2ccc(-c3nccc(Nc4ccc(C5CCN(C6COC6)CC5)cc4)n3)cc2C#N)CC1.N#Cc1cc(-c2nccc(Nc3ccc(N4CCN(C5COC5)CC4)cc3)n2)ccc1OC1CC[S+](O)CC1. The third kappa shape index (κ3) is 20.8. The van der Waals surface area contributed by atoms with Crippen LogP contribution in [0.3, 0.4) is 0 Å². The zero-order valence-electron chi connectivity index (χ0n) is 65.6. The van der Waals surface area contributed by atoms with Gasteiger partial charge in [-0.3, -0.25) is 14.6 Å². The summed E-state index contributed by atoms with van der Waals surface area (Å²) >= 11 is -0.501. The lowest BCUT2D eigenvalue weighted by Gasteiger charge is -2.43. The van der Waals surface area contributed by atoms with Crippen molar-refractivity contribution in [1.82, 2.24) is 44.6 Å². The Morgan fingerprint density at radius 3 is 1.32 bits per heavy atom. The summed E-state index contributed by atoms with van der Waals surface area (Å²) in [6, 6.07) is 50.3. The molecule has 1 atom stereocenters. The van der Waals surface area contributed by atoms with E-state index in [1.54, 1.807) is 93.4 Å². The predicted molar refractivity (Wildman–Crippen MR) is 442 cm³/mol. The number of likely N-dealkylation sites (tertiary alicyclic amines) is 2. The number of hydrogen-bond acceptors (Lipinski definition) is 27. The number of carbonyl (C=O) groups is 1. The molecule has 6 aromatic carbocycles. The number of hydrogen-bond donors (Lipinski definition) is 5. The van der Waals surface area contributed by atoms with E-state index in [1.165, 1.54) is 31.0 Å². The number of aromatic nitrogens is 6. The smallest absolute Gasteiger partial charge is 0.251 e. The molecule has 0 unspecified atom stereocenters. The summed E-state index contributed by atoms with van der Waals surface area (Å²) in [5.41, 5.74) is 8.72. The van der Waals surface area contributed by atoms with Gasteiger partial charge in [-0.1, -0.05) is 12.1 Å². The number of aliphatic hydroxyl groups excluding tert-OH is 1. The van der Waals surface area contributed by atoms with Crippen LogP contribution >= 0.6 is 0 Å². The maximum atomic E-state index is 12.0. The van der Waals surface area contributed by atoms with Crippen LogP contribution in [0.5, 0.6) is 34.5 Å². The van der Waals surface area contributed by atoms with Crippen LogP contribution in [-0.4, -0.2) is 222 Å². The second-order valence-electron chi connectivity index (χ2n) is 29.4. The van der Waals surface area contributed by atoms with Gasteiger partial charge in [-0.05, 0) is 154 Å². The molecule has 0 aliphatic carbocycles. The van der Waals surface area contributed by atoms with Crippen LogP contribution < -0.4 is 49.3 Å². The average Bonchev–Trinajstić information content (AvgIpc) is 0.819. The molecule has 16 rings (SSSR count). The Balaban J connectivity index is 0.000000144. The quantitative estimate of drug-likeness (QED) is 0.0371. The first-order valence-corrected chi connectivity index (χ1v) is 41.0. The summed E-state index contributed by atoms with van der Waals surface area (Å²) in [5, 5.41) is 48.8. The minimum absolute atomic E-state index is 0.0288. The van der Waals surface area contributed by atoms with E-state index in [2.05, 4.69) is 117 Å². The average molecular weight is 1590 g/mol. The maximum Gasteiger partial charge on any atom is 0.251 e. The van der Waals surface area contributed by atoms with Gasteiger partial charge in [0.05, 0.1) is 89.7 Å². The number of carbonyl (C=O) groups excluding carboxylic acids is 1. The molecule has 3 aromatic heterocycles. The number of rotatable bonds is 23. The summed E-state index contributed by atoms with van der Waals surface area (Å²) in [7, 11) is 4.68. The summed E-state index contributed by atoms with van der Waals surface area (Å²) < 4.78 is 60.3. The normalized spacial score (nSPS) is 18.6. The standard InChI is InChI=1S/C33H38N6O4.C29H33N6O3S.C25H26N4O5/c1-22(40)33(41)39-16-11-29(12-17-39)43-30-7-4-25(18-26(30)19-34)32-35-13-8-31(37-32)36-27-5-2-23(3-6-27)24-9-14-38(15-10-24)28-20-42-21-28;30-18-22-17-21(1-6-27(22)38-26-8-15-39(36)16-9-26)29-31-10-7-28(33-29)32-23-2-4-24(5-3-23)34-11-13-35(14-12-34)25-19-37-20-25;1-30-21-13-18(14-22(31-2)24(21)32-3)28-23-6-9-27-25(29-23)16-4-5-20(17(12-16)15-26)34-19-7-10-33-11-8-19/h2-8,13,18,22,24,28-29,40H,9-12,14-17,20-21H2,1H3,(H,35,36,37);1-7,10,17,25-26,36H,8-9,11-16,19-20H2,(H,31,32,33);4-6,9,12-14,19H,7-8,10-11H2,1-3H3,(H,27,28,29)/q;+1;/t22-;;/m0../s1. The number of piperazine rings is 1. The fourth-order valence-corrected chi connectivity index (χ4v) is 16.2. The van der Waals surface area contributed by atoms with Crippen LogP contribution in [0.15, 0.2) is 152 Å². The predicted octanol–water partition coefficient (Wildman–Crippen LogP) is 12.3. The van der Waals surface area contributed by atoms with Gasteiger partial charge in [0.25, 0.3) is 5.91 Å². The summed E-state index contributed by atoms with van der Waals surface area (Å²) in [4.78, 5) is 48.5. The summed E-state index contributed by atoms with van der Waals surface area (Å²) in [6.07, 6.45) is 10.9. The third-order valence-corrected chi connectivity index (χ3v) is 23.2. The molecule has 28 nitrogen and oxygen atoms in total. The molecule has 29 heteroatoms. The zero-order valence-corrected chi connectivity index (χ0v) is 66.5. The first kappa shape index (κ1) is 81.1. The van der Waals surface area contributed by atoms with E-state index < -0.39 is 17.3 Å². The Bertz CT molecular complexity index is 4900. The molecule has 9 aromatic rings. The van der Waals surface area contributed by atoms with E-state index in [1.807, 2.05) is 36.4 Å². The zero-order chi connectivity index (χ0) is 80.3. The molecule has 1 amide bonds. The van der Waals surface area contributed by atoms with Crippen molar-refractivity contribution in [3.8, 4) is 86.9 Å². The molecule has 7 aliphatic rings.